The molecule has 0 saturated carbocycles. The molecule has 2 rings (SSSR count). The molecule has 0 atom stereocenters. The van der Waals surface area contributed by atoms with E-state index < -0.39 is 11.6 Å². The third kappa shape index (κ3) is 2.56. The van der Waals surface area contributed by atoms with Gasteiger partial charge in [-0.2, -0.15) is 0 Å². The van der Waals surface area contributed by atoms with Crippen LogP contribution in [0.1, 0.15) is 19.5 Å². The van der Waals surface area contributed by atoms with Gasteiger partial charge < -0.3 is 9.73 Å². The molecule has 0 aliphatic carbocycles. The molecule has 0 saturated heterocycles. The fourth-order valence-corrected chi connectivity index (χ4v) is 1.59. The summed E-state index contributed by atoms with van der Waals surface area (Å²) in [7, 11) is 0. The Morgan fingerprint density at radius 3 is 2.83 bits per heavy atom. The lowest BCUT2D eigenvalue weighted by Crippen LogP contribution is -2.22. The summed E-state index contributed by atoms with van der Waals surface area (Å²) < 4.78 is 32.0. The van der Waals surface area contributed by atoms with Crippen LogP contribution in [0.15, 0.2) is 29.0 Å². The zero-order valence-electron chi connectivity index (χ0n) is 10.2. The van der Waals surface area contributed by atoms with Crippen LogP contribution < -0.4 is 5.32 Å². The maximum Gasteiger partial charge on any atom is 0.181 e. The largest absolute Gasteiger partial charge is 0.443 e. The van der Waals surface area contributed by atoms with Crippen LogP contribution in [0.2, 0.25) is 0 Å². The number of benzene rings is 1. The van der Waals surface area contributed by atoms with Crippen molar-refractivity contribution < 1.29 is 13.2 Å². The Morgan fingerprint density at radius 1 is 1.33 bits per heavy atom. The summed E-state index contributed by atoms with van der Waals surface area (Å²) in [5.74, 6) is -1.55. The molecule has 96 valence electrons. The highest BCUT2D eigenvalue weighted by molar-refractivity contribution is 5.60. The van der Waals surface area contributed by atoms with E-state index in [1.54, 1.807) is 0 Å². The molecule has 0 radical (unpaired) electrons. The average molecular weight is 252 g/mol. The molecule has 1 aromatic heterocycles. The summed E-state index contributed by atoms with van der Waals surface area (Å²) in [6, 6.07) is 4.25. The van der Waals surface area contributed by atoms with E-state index in [-0.39, 0.29) is 17.4 Å². The Bertz CT molecular complexity index is 538. The number of halogens is 2. The predicted octanol–water partition coefficient (Wildman–Crippen LogP) is 3.12. The second-order valence-electron chi connectivity index (χ2n) is 4.27. The highest BCUT2D eigenvalue weighted by Gasteiger charge is 2.17. The van der Waals surface area contributed by atoms with Crippen LogP contribution in [0.4, 0.5) is 8.78 Å². The molecular weight excluding hydrogens is 238 g/mol. The fraction of sp³-hybridized carbons (Fsp3) is 0.308. The predicted molar refractivity (Wildman–Crippen MR) is 63.8 cm³/mol. The number of aromatic nitrogens is 1. The van der Waals surface area contributed by atoms with Gasteiger partial charge in [-0.25, -0.2) is 13.8 Å². The molecule has 1 aromatic carbocycles. The van der Waals surface area contributed by atoms with Crippen LogP contribution >= 0.6 is 0 Å². The van der Waals surface area contributed by atoms with E-state index in [2.05, 4.69) is 10.3 Å². The highest BCUT2D eigenvalue weighted by atomic mass is 19.2. The number of nitrogens with zero attached hydrogens (tertiary/aromatic N) is 1. The van der Waals surface area contributed by atoms with E-state index in [4.69, 9.17) is 4.42 Å². The van der Waals surface area contributed by atoms with Gasteiger partial charge in [0.2, 0.25) is 0 Å². The number of rotatable bonds is 4. The third-order valence-corrected chi connectivity index (χ3v) is 2.52. The van der Waals surface area contributed by atoms with Gasteiger partial charge >= 0.3 is 0 Å². The van der Waals surface area contributed by atoms with E-state index in [0.29, 0.717) is 12.2 Å². The SMILES string of the molecule is CC(C)NCc1ncoc1-c1cccc(F)c1F. The molecule has 0 fully saturated rings. The Morgan fingerprint density at radius 2 is 2.11 bits per heavy atom. The highest BCUT2D eigenvalue weighted by Crippen LogP contribution is 2.27. The first kappa shape index (κ1) is 12.7. The summed E-state index contributed by atoms with van der Waals surface area (Å²) in [5.41, 5.74) is 0.654. The van der Waals surface area contributed by atoms with Gasteiger partial charge in [0.15, 0.2) is 23.8 Å². The van der Waals surface area contributed by atoms with E-state index in [0.717, 1.165) is 6.07 Å². The summed E-state index contributed by atoms with van der Waals surface area (Å²) in [6.07, 6.45) is 1.23. The third-order valence-electron chi connectivity index (χ3n) is 2.52. The maximum atomic E-state index is 13.7. The lowest BCUT2D eigenvalue weighted by atomic mass is 10.1. The van der Waals surface area contributed by atoms with Crippen molar-refractivity contribution in [3.05, 3.63) is 41.9 Å². The number of nitrogens with one attached hydrogen (secondary N) is 1. The minimum atomic E-state index is -0.917. The van der Waals surface area contributed by atoms with Gasteiger partial charge in [0.05, 0.1) is 5.56 Å². The Hall–Kier alpha value is -1.75. The summed E-state index contributed by atoms with van der Waals surface area (Å²) in [6.45, 7) is 4.42. The molecule has 0 amide bonds. The molecule has 2 aromatic rings. The van der Waals surface area contributed by atoms with Gasteiger partial charge in [-0.05, 0) is 12.1 Å². The van der Waals surface area contributed by atoms with E-state index >= 15 is 0 Å². The number of hydrogen-bond donors (Lipinski definition) is 1. The molecule has 0 aliphatic rings. The smallest absolute Gasteiger partial charge is 0.181 e. The molecule has 3 nitrogen and oxygen atoms in total. The molecule has 0 aliphatic heterocycles. The van der Waals surface area contributed by atoms with Crippen LogP contribution in [0.5, 0.6) is 0 Å². The zero-order valence-corrected chi connectivity index (χ0v) is 10.2. The first-order valence-electron chi connectivity index (χ1n) is 5.69. The first-order chi connectivity index (χ1) is 8.59. The van der Waals surface area contributed by atoms with E-state index in [1.807, 2.05) is 13.8 Å². The average Bonchev–Trinajstić information content (AvgIpc) is 2.78. The van der Waals surface area contributed by atoms with Gasteiger partial charge in [-0.15, -0.1) is 0 Å². The Kier molecular flexibility index (Phi) is 3.72. The molecule has 1 heterocycles. The number of oxazole rings is 1. The van der Waals surface area contributed by atoms with Gasteiger partial charge in [0.25, 0.3) is 0 Å². The molecule has 0 unspecified atom stereocenters. The van der Waals surface area contributed by atoms with Crippen molar-refractivity contribution in [3.63, 3.8) is 0 Å². The maximum absolute atomic E-state index is 13.7. The van der Waals surface area contributed by atoms with Crippen molar-refractivity contribution in [2.75, 3.05) is 0 Å². The van der Waals surface area contributed by atoms with Crippen molar-refractivity contribution in [1.29, 1.82) is 0 Å². The minimum Gasteiger partial charge on any atom is -0.443 e. The van der Waals surface area contributed by atoms with Gasteiger partial charge in [0.1, 0.15) is 5.69 Å². The van der Waals surface area contributed by atoms with Crippen LogP contribution in [0, 0.1) is 11.6 Å². The van der Waals surface area contributed by atoms with E-state index in [9.17, 15) is 8.78 Å². The van der Waals surface area contributed by atoms with Crippen LogP contribution in [0.25, 0.3) is 11.3 Å². The monoisotopic (exact) mass is 252 g/mol. The van der Waals surface area contributed by atoms with Gasteiger partial charge in [0, 0.05) is 12.6 Å². The fourth-order valence-electron chi connectivity index (χ4n) is 1.59. The zero-order chi connectivity index (χ0) is 13.1. The molecule has 0 spiro atoms. The van der Waals surface area contributed by atoms with Crippen LogP contribution in [-0.2, 0) is 6.54 Å². The summed E-state index contributed by atoms with van der Waals surface area (Å²) in [5, 5.41) is 3.15. The molecular formula is C13H14F2N2O. The molecule has 18 heavy (non-hydrogen) atoms. The molecule has 1 N–H and O–H groups in total. The van der Waals surface area contributed by atoms with Crippen molar-refractivity contribution >= 4 is 0 Å². The Balaban J connectivity index is 2.33. The number of hydrogen-bond acceptors (Lipinski definition) is 3. The lowest BCUT2D eigenvalue weighted by molar-refractivity contribution is 0.502. The standard InChI is InChI=1S/C13H14F2N2O/c1-8(2)16-6-11-13(18-7-17-11)9-4-3-5-10(14)12(9)15/h3-5,7-8,16H,6H2,1-2H3. The van der Waals surface area contributed by atoms with Crippen molar-refractivity contribution in [3.8, 4) is 11.3 Å². The lowest BCUT2D eigenvalue weighted by Gasteiger charge is -2.07. The summed E-state index contributed by atoms with van der Waals surface area (Å²) in [4.78, 5) is 4.02. The van der Waals surface area contributed by atoms with Gasteiger partial charge in [-0.1, -0.05) is 19.9 Å². The molecule has 5 heteroatoms. The Labute approximate surface area is 104 Å². The summed E-state index contributed by atoms with van der Waals surface area (Å²) >= 11 is 0. The van der Waals surface area contributed by atoms with E-state index in [1.165, 1.54) is 18.5 Å². The van der Waals surface area contributed by atoms with Crippen molar-refractivity contribution in [2.45, 2.75) is 26.4 Å². The van der Waals surface area contributed by atoms with Crippen molar-refractivity contribution in [2.24, 2.45) is 0 Å². The van der Waals surface area contributed by atoms with Crippen LogP contribution in [0.3, 0.4) is 0 Å². The first-order valence-corrected chi connectivity index (χ1v) is 5.69. The normalized spacial score (nSPS) is 11.2. The molecule has 0 bridgehead atoms. The van der Waals surface area contributed by atoms with Crippen molar-refractivity contribution in [1.82, 2.24) is 10.3 Å². The quantitative estimate of drug-likeness (QED) is 0.908. The second kappa shape index (κ2) is 5.27. The van der Waals surface area contributed by atoms with Crippen LogP contribution in [-0.4, -0.2) is 11.0 Å². The van der Waals surface area contributed by atoms with Gasteiger partial charge in [-0.3, -0.25) is 0 Å². The topological polar surface area (TPSA) is 38.1 Å². The minimum absolute atomic E-state index is 0.0908. The second-order valence-corrected chi connectivity index (χ2v) is 4.27.